The Balaban J connectivity index is 2.59. The van der Waals surface area contributed by atoms with Gasteiger partial charge in [0.15, 0.2) is 0 Å². The molecule has 0 spiro atoms. The van der Waals surface area contributed by atoms with Gasteiger partial charge in [-0.05, 0) is 19.4 Å². The maximum atomic E-state index is 5.71. The fourth-order valence-corrected chi connectivity index (χ4v) is 1.34. The molecular formula is C11H19N3. The van der Waals surface area contributed by atoms with Crippen LogP contribution in [0.4, 0.5) is 0 Å². The highest BCUT2D eigenvalue weighted by Gasteiger charge is 2.01. The summed E-state index contributed by atoms with van der Waals surface area (Å²) < 4.78 is 0. The second kappa shape index (κ2) is 5.70. The lowest BCUT2D eigenvalue weighted by molar-refractivity contribution is 0.698. The molecule has 0 amide bonds. The van der Waals surface area contributed by atoms with Crippen LogP contribution in [0.1, 0.15) is 38.2 Å². The summed E-state index contributed by atoms with van der Waals surface area (Å²) in [5, 5.41) is 0. The fraction of sp³-hybridized carbons (Fsp3) is 0.636. The average molecular weight is 193 g/mol. The zero-order valence-corrected chi connectivity index (χ0v) is 9.03. The Hall–Kier alpha value is -0.960. The molecule has 0 aliphatic heterocycles. The highest BCUT2D eigenvalue weighted by atomic mass is 14.9. The molecule has 0 saturated heterocycles. The SMILES string of the molecule is CCCCc1nccc(CC(C)N)n1. The molecular weight excluding hydrogens is 174 g/mol. The number of nitrogens with zero attached hydrogens (tertiary/aromatic N) is 2. The molecule has 0 bridgehead atoms. The molecule has 1 heterocycles. The average Bonchev–Trinajstić information content (AvgIpc) is 2.14. The van der Waals surface area contributed by atoms with Crippen molar-refractivity contribution in [2.75, 3.05) is 0 Å². The van der Waals surface area contributed by atoms with Crippen molar-refractivity contribution in [1.29, 1.82) is 0 Å². The van der Waals surface area contributed by atoms with Crippen LogP contribution in [-0.4, -0.2) is 16.0 Å². The third-order valence-electron chi connectivity index (χ3n) is 2.05. The molecule has 78 valence electrons. The number of aryl methyl sites for hydroxylation is 1. The van der Waals surface area contributed by atoms with E-state index in [1.807, 2.05) is 19.2 Å². The van der Waals surface area contributed by atoms with Crippen molar-refractivity contribution in [3.63, 3.8) is 0 Å². The molecule has 3 nitrogen and oxygen atoms in total. The van der Waals surface area contributed by atoms with Gasteiger partial charge in [-0.15, -0.1) is 0 Å². The molecule has 14 heavy (non-hydrogen) atoms. The predicted molar refractivity (Wildman–Crippen MR) is 58.0 cm³/mol. The summed E-state index contributed by atoms with van der Waals surface area (Å²) in [7, 11) is 0. The maximum Gasteiger partial charge on any atom is 0.128 e. The van der Waals surface area contributed by atoms with Crippen LogP contribution in [0.2, 0.25) is 0 Å². The van der Waals surface area contributed by atoms with Gasteiger partial charge in [0.2, 0.25) is 0 Å². The van der Waals surface area contributed by atoms with Crippen molar-refractivity contribution in [1.82, 2.24) is 9.97 Å². The summed E-state index contributed by atoms with van der Waals surface area (Å²) in [6, 6.07) is 2.11. The predicted octanol–water partition coefficient (Wildman–Crippen LogP) is 1.71. The van der Waals surface area contributed by atoms with Gasteiger partial charge < -0.3 is 5.73 Å². The second-order valence-corrected chi connectivity index (χ2v) is 3.75. The van der Waals surface area contributed by atoms with E-state index in [-0.39, 0.29) is 6.04 Å². The summed E-state index contributed by atoms with van der Waals surface area (Å²) in [4.78, 5) is 8.69. The van der Waals surface area contributed by atoms with Gasteiger partial charge in [-0.25, -0.2) is 9.97 Å². The topological polar surface area (TPSA) is 51.8 Å². The third-order valence-corrected chi connectivity index (χ3v) is 2.05. The Morgan fingerprint density at radius 3 is 2.93 bits per heavy atom. The number of unbranched alkanes of at least 4 members (excludes halogenated alkanes) is 1. The molecule has 1 aromatic heterocycles. The Labute approximate surface area is 85.8 Å². The van der Waals surface area contributed by atoms with Crippen molar-refractivity contribution < 1.29 is 0 Å². The lowest BCUT2D eigenvalue weighted by Crippen LogP contribution is -2.18. The minimum atomic E-state index is 0.170. The Morgan fingerprint density at radius 2 is 2.29 bits per heavy atom. The van der Waals surface area contributed by atoms with Crippen LogP contribution in [0.25, 0.3) is 0 Å². The summed E-state index contributed by atoms with van der Waals surface area (Å²) in [6.45, 7) is 4.17. The minimum absolute atomic E-state index is 0.170. The number of rotatable bonds is 5. The molecule has 1 atom stereocenters. The summed E-state index contributed by atoms with van der Waals surface area (Å²) in [5.41, 5.74) is 6.77. The molecule has 0 aliphatic carbocycles. The third kappa shape index (κ3) is 3.83. The number of nitrogens with two attached hydrogens (primary N) is 1. The van der Waals surface area contributed by atoms with Crippen LogP contribution in [0.3, 0.4) is 0 Å². The molecule has 1 rings (SSSR count). The highest BCUT2D eigenvalue weighted by Crippen LogP contribution is 2.02. The lowest BCUT2D eigenvalue weighted by atomic mass is 10.2. The zero-order chi connectivity index (χ0) is 10.4. The van der Waals surface area contributed by atoms with Crippen LogP contribution in [-0.2, 0) is 12.8 Å². The molecule has 3 heteroatoms. The Bertz CT molecular complexity index is 271. The van der Waals surface area contributed by atoms with E-state index in [0.29, 0.717) is 0 Å². The lowest BCUT2D eigenvalue weighted by Gasteiger charge is -2.05. The van der Waals surface area contributed by atoms with Gasteiger partial charge in [-0.3, -0.25) is 0 Å². The number of hydrogen-bond acceptors (Lipinski definition) is 3. The first-order valence-electron chi connectivity index (χ1n) is 5.28. The van der Waals surface area contributed by atoms with E-state index in [0.717, 1.165) is 30.8 Å². The smallest absolute Gasteiger partial charge is 0.128 e. The van der Waals surface area contributed by atoms with Crippen LogP contribution < -0.4 is 5.73 Å². The molecule has 0 aliphatic rings. The van der Waals surface area contributed by atoms with Crippen molar-refractivity contribution in [3.05, 3.63) is 23.8 Å². The second-order valence-electron chi connectivity index (χ2n) is 3.75. The van der Waals surface area contributed by atoms with E-state index in [1.54, 1.807) is 0 Å². The Kier molecular flexibility index (Phi) is 4.53. The first-order chi connectivity index (χ1) is 6.72. The summed E-state index contributed by atoms with van der Waals surface area (Å²) in [6.07, 6.45) is 5.98. The van der Waals surface area contributed by atoms with Crippen LogP contribution in [0.5, 0.6) is 0 Å². The molecule has 2 N–H and O–H groups in total. The first-order valence-corrected chi connectivity index (χ1v) is 5.28. The zero-order valence-electron chi connectivity index (χ0n) is 9.03. The fourth-order valence-electron chi connectivity index (χ4n) is 1.34. The quantitative estimate of drug-likeness (QED) is 0.774. The Morgan fingerprint density at radius 1 is 1.50 bits per heavy atom. The van der Waals surface area contributed by atoms with Crippen molar-refractivity contribution in [2.45, 2.75) is 45.6 Å². The van der Waals surface area contributed by atoms with Crippen LogP contribution in [0.15, 0.2) is 12.3 Å². The monoisotopic (exact) mass is 193 g/mol. The van der Waals surface area contributed by atoms with Gasteiger partial charge in [-0.2, -0.15) is 0 Å². The summed E-state index contributed by atoms with van der Waals surface area (Å²) in [5.74, 6) is 0.949. The van der Waals surface area contributed by atoms with Crippen LogP contribution >= 0.6 is 0 Å². The van der Waals surface area contributed by atoms with E-state index in [1.165, 1.54) is 6.42 Å². The first kappa shape index (κ1) is 11.1. The van der Waals surface area contributed by atoms with E-state index in [4.69, 9.17) is 5.73 Å². The van der Waals surface area contributed by atoms with E-state index in [9.17, 15) is 0 Å². The van der Waals surface area contributed by atoms with Crippen LogP contribution in [0, 0.1) is 0 Å². The summed E-state index contributed by atoms with van der Waals surface area (Å²) >= 11 is 0. The largest absolute Gasteiger partial charge is 0.328 e. The van der Waals surface area contributed by atoms with Gasteiger partial charge in [0.1, 0.15) is 5.82 Å². The molecule has 0 saturated carbocycles. The van der Waals surface area contributed by atoms with E-state index in [2.05, 4.69) is 16.9 Å². The molecule has 1 unspecified atom stereocenters. The minimum Gasteiger partial charge on any atom is -0.328 e. The van der Waals surface area contributed by atoms with E-state index < -0.39 is 0 Å². The molecule has 0 fully saturated rings. The van der Waals surface area contributed by atoms with Gasteiger partial charge in [0.05, 0.1) is 0 Å². The molecule has 0 aromatic carbocycles. The van der Waals surface area contributed by atoms with Gasteiger partial charge in [0, 0.05) is 30.8 Å². The number of hydrogen-bond donors (Lipinski definition) is 1. The molecule has 1 aromatic rings. The molecule has 0 radical (unpaired) electrons. The maximum absolute atomic E-state index is 5.71. The number of aromatic nitrogens is 2. The van der Waals surface area contributed by atoms with Crippen molar-refractivity contribution in [2.24, 2.45) is 5.73 Å². The van der Waals surface area contributed by atoms with Gasteiger partial charge in [0.25, 0.3) is 0 Å². The standard InChI is InChI=1S/C11H19N3/c1-3-4-5-11-13-7-6-10(14-11)8-9(2)12/h6-7,9H,3-5,8,12H2,1-2H3. The van der Waals surface area contributed by atoms with Gasteiger partial charge >= 0.3 is 0 Å². The normalized spacial score (nSPS) is 12.8. The van der Waals surface area contributed by atoms with E-state index >= 15 is 0 Å². The highest BCUT2D eigenvalue weighted by molar-refractivity contribution is 5.04. The van der Waals surface area contributed by atoms with Crippen molar-refractivity contribution in [3.8, 4) is 0 Å². The van der Waals surface area contributed by atoms with Crippen molar-refractivity contribution >= 4 is 0 Å². The van der Waals surface area contributed by atoms with Gasteiger partial charge in [-0.1, -0.05) is 13.3 Å².